The summed E-state index contributed by atoms with van der Waals surface area (Å²) in [6, 6.07) is 7.06. The fourth-order valence-corrected chi connectivity index (χ4v) is 5.22. The molecule has 17 heavy (non-hydrogen) atoms. The summed E-state index contributed by atoms with van der Waals surface area (Å²) in [4.78, 5) is 1.04. The number of hydrogen-bond donors (Lipinski definition) is 1. The monoisotopic (exact) mass is 319 g/mol. The van der Waals surface area contributed by atoms with Crippen LogP contribution in [0.2, 0.25) is 4.82 Å². The van der Waals surface area contributed by atoms with Crippen LogP contribution in [0, 0.1) is 0 Å². The van der Waals surface area contributed by atoms with Crippen molar-refractivity contribution < 1.29 is 8.42 Å². The molecule has 0 unspecified atom stereocenters. The molecule has 2 rings (SSSR count). The van der Waals surface area contributed by atoms with Gasteiger partial charge in [-0.1, -0.05) is 0 Å². The Labute approximate surface area is 109 Å². The second-order valence-electron chi connectivity index (χ2n) is 4.39. The molecule has 3 nitrogen and oxygen atoms in total. The van der Waals surface area contributed by atoms with Crippen LogP contribution in [0.5, 0.6) is 0 Å². The maximum absolute atomic E-state index is 11.1. The van der Waals surface area contributed by atoms with E-state index in [-0.39, 0.29) is 4.90 Å². The molecule has 0 radical (unpaired) electrons. The zero-order valence-electron chi connectivity index (χ0n) is 9.63. The molecular formula is C12H17NO2SSe. The average molecular weight is 318 g/mol. The summed E-state index contributed by atoms with van der Waals surface area (Å²) < 4.78 is 23.5. The molecule has 0 spiro atoms. The van der Waals surface area contributed by atoms with Crippen molar-refractivity contribution in [1.82, 2.24) is 0 Å². The molecule has 1 fully saturated rings. The Balaban J connectivity index is 2.03. The molecule has 1 aromatic carbocycles. The molecule has 0 aromatic heterocycles. The van der Waals surface area contributed by atoms with Gasteiger partial charge in [0.1, 0.15) is 0 Å². The van der Waals surface area contributed by atoms with Crippen LogP contribution in [-0.2, 0) is 10.0 Å². The van der Waals surface area contributed by atoms with E-state index in [4.69, 9.17) is 5.14 Å². The summed E-state index contributed by atoms with van der Waals surface area (Å²) in [5.41, 5.74) is 0. The van der Waals surface area contributed by atoms with Crippen LogP contribution >= 0.6 is 0 Å². The molecular weight excluding hydrogens is 301 g/mol. The van der Waals surface area contributed by atoms with Crippen LogP contribution in [0.1, 0.15) is 32.1 Å². The van der Waals surface area contributed by atoms with Crippen molar-refractivity contribution in [2.45, 2.75) is 41.8 Å². The van der Waals surface area contributed by atoms with Gasteiger partial charge in [-0.15, -0.1) is 0 Å². The van der Waals surface area contributed by atoms with Crippen LogP contribution in [0.4, 0.5) is 0 Å². The summed E-state index contributed by atoms with van der Waals surface area (Å²) in [6.45, 7) is 0. The first kappa shape index (κ1) is 13.1. The van der Waals surface area contributed by atoms with Crippen molar-refractivity contribution in [2.75, 3.05) is 0 Å². The minimum atomic E-state index is -3.55. The first-order valence-electron chi connectivity index (χ1n) is 5.85. The molecule has 0 aliphatic heterocycles. The molecule has 0 saturated heterocycles. The summed E-state index contributed by atoms with van der Waals surface area (Å²) in [5.74, 6) is 0. The first-order chi connectivity index (χ1) is 8.05. The Bertz CT molecular complexity index is 464. The van der Waals surface area contributed by atoms with Crippen LogP contribution < -0.4 is 9.60 Å². The molecule has 0 heterocycles. The van der Waals surface area contributed by atoms with Gasteiger partial charge in [-0.25, -0.2) is 0 Å². The Morgan fingerprint density at radius 1 is 1.06 bits per heavy atom. The van der Waals surface area contributed by atoms with Gasteiger partial charge in [0.25, 0.3) is 0 Å². The van der Waals surface area contributed by atoms with Crippen LogP contribution in [0.3, 0.4) is 0 Å². The van der Waals surface area contributed by atoms with Gasteiger partial charge < -0.3 is 0 Å². The molecule has 2 N–H and O–H groups in total. The quantitative estimate of drug-likeness (QED) is 0.857. The third-order valence-corrected chi connectivity index (χ3v) is 6.77. The Morgan fingerprint density at radius 3 is 2.18 bits per heavy atom. The molecule has 1 aliphatic carbocycles. The number of benzene rings is 1. The average Bonchev–Trinajstić information content (AvgIpc) is 2.30. The van der Waals surface area contributed by atoms with Gasteiger partial charge in [0.05, 0.1) is 0 Å². The Morgan fingerprint density at radius 2 is 1.65 bits per heavy atom. The maximum atomic E-state index is 11.1. The number of nitrogens with two attached hydrogens (primary N) is 1. The molecule has 1 aromatic rings. The molecule has 5 heteroatoms. The van der Waals surface area contributed by atoms with Crippen molar-refractivity contribution in [3.8, 4) is 0 Å². The summed E-state index contributed by atoms with van der Waals surface area (Å²) in [6.07, 6.45) is 6.73. The van der Waals surface area contributed by atoms with E-state index in [1.165, 1.54) is 36.6 Å². The van der Waals surface area contributed by atoms with E-state index in [1.54, 1.807) is 12.1 Å². The van der Waals surface area contributed by atoms with E-state index in [0.29, 0.717) is 15.0 Å². The van der Waals surface area contributed by atoms with Crippen molar-refractivity contribution in [3.63, 3.8) is 0 Å². The predicted octanol–water partition coefficient (Wildman–Crippen LogP) is 1.42. The van der Waals surface area contributed by atoms with E-state index >= 15 is 0 Å². The number of rotatable bonds is 3. The standard InChI is InChI=1S/C12H17NO2SSe/c13-16(14,15)10-6-8-12(9-7-10)17-11-4-2-1-3-5-11/h6-9,11H,1-5H2,(H2,13,14,15). The van der Waals surface area contributed by atoms with Gasteiger partial charge in [-0.3, -0.25) is 0 Å². The van der Waals surface area contributed by atoms with Crippen LogP contribution in [-0.4, -0.2) is 23.4 Å². The number of hydrogen-bond acceptors (Lipinski definition) is 2. The fourth-order valence-electron chi connectivity index (χ4n) is 2.08. The zero-order chi connectivity index (χ0) is 12.3. The third kappa shape index (κ3) is 3.81. The van der Waals surface area contributed by atoms with Crippen molar-refractivity contribution in [2.24, 2.45) is 5.14 Å². The molecule has 94 valence electrons. The van der Waals surface area contributed by atoms with E-state index < -0.39 is 10.0 Å². The topological polar surface area (TPSA) is 60.2 Å². The van der Waals surface area contributed by atoms with E-state index in [0.717, 1.165) is 4.82 Å². The van der Waals surface area contributed by atoms with Crippen LogP contribution in [0.25, 0.3) is 0 Å². The Hall–Kier alpha value is -0.351. The van der Waals surface area contributed by atoms with Crippen LogP contribution in [0.15, 0.2) is 29.2 Å². The van der Waals surface area contributed by atoms with E-state index in [9.17, 15) is 8.42 Å². The molecule has 0 bridgehead atoms. The van der Waals surface area contributed by atoms with E-state index in [1.807, 2.05) is 12.1 Å². The fraction of sp³-hybridized carbons (Fsp3) is 0.500. The van der Waals surface area contributed by atoms with Gasteiger partial charge in [-0.05, 0) is 0 Å². The molecule has 1 aliphatic rings. The third-order valence-electron chi connectivity index (χ3n) is 3.01. The molecule has 1 saturated carbocycles. The summed E-state index contributed by atoms with van der Waals surface area (Å²) >= 11 is 0.470. The van der Waals surface area contributed by atoms with E-state index in [2.05, 4.69) is 0 Å². The van der Waals surface area contributed by atoms with Gasteiger partial charge >= 0.3 is 109 Å². The SMILES string of the molecule is NS(=O)(=O)c1ccc([Se]C2CCCCC2)cc1. The summed E-state index contributed by atoms with van der Waals surface area (Å²) in [7, 11) is -3.55. The first-order valence-corrected chi connectivity index (χ1v) is 9.24. The normalized spacial score (nSPS) is 18.2. The number of primary sulfonamides is 1. The predicted molar refractivity (Wildman–Crippen MR) is 70.0 cm³/mol. The minimum absolute atomic E-state index is 0.209. The zero-order valence-corrected chi connectivity index (χ0v) is 12.2. The number of sulfonamides is 1. The van der Waals surface area contributed by atoms with Gasteiger partial charge in [0.15, 0.2) is 0 Å². The Kier molecular flexibility index (Phi) is 4.26. The van der Waals surface area contributed by atoms with Gasteiger partial charge in [-0.2, -0.15) is 0 Å². The molecule has 0 atom stereocenters. The van der Waals surface area contributed by atoms with Gasteiger partial charge in [0, 0.05) is 0 Å². The second-order valence-corrected chi connectivity index (χ2v) is 8.84. The molecule has 0 amide bonds. The van der Waals surface area contributed by atoms with Gasteiger partial charge in [0.2, 0.25) is 0 Å². The van der Waals surface area contributed by atoms with Crippen molar-refractivity contribution in [1.29, 1.82) is 0 Å². The second kappa shape index (κ2) is 5.53. The van der Waals surface area contributed by atoms with Crippen molar-refractivity contribution in [3.05, 3.63) is 24.3 Å². The summed E-state index contributed by atoms with van der Waals surface area (Å²) in [5, 5.41) is 5.07. The van der Waals surface area contributed by atoms with Crippen molar-refractivity contribution >= 4 is 29.4 Å².